The Balaban J connectivity index is 1.03. The Hall–Kier alpha value is -7.68. The molecule has 272 valence electrons. The van der Waals surface area contributed by atoms with Crippen LogP contribution in [0.4, 0.5) is 17.1 Å². The third-order valence-corrected chi connectivity index (χ3v) is 11.5. The lowest BCUT2D eigenvalue weighted by molar-refractivity contribution is 0.669. The lowest BCUT2D eigenvalue weighted by Crippen LogP contribution is -2.09. The van der Waals surface area contributed by atoms with Gasteiger partial charge in [-0.25, -0.2) is 0 Å². The van der Waals surface area contributed by atoms with Crippen molar-refractivity contribution in [2.24, 2.45) is 0 Å². The number of furan rings is 1. The molecule has 11 rings (SSSR count). The van der Waals surface area contributed by atoms with E-state index in [-0.39, 0.29) is 0 Å². The molecule has 0 saturated heterocycles. The van der Waals surface area contributed by atoms with Crippen molar-refractivity contribution in [1.82, 2.24) is 0 Å². The van der Waals surface area contributed by atoms with Crippen LogP contribution in [0, 0.1) is 0 Å². The van der Waals surface area contributed by atoms with Crippen molar-refractivity contribution in [2.75, 3.05) is 4.90 Å². The number of benzene rings is 10. The third kappa shape index (κ3) is 5.91. The van der Waals surface area contributed by atoms with E-state index in [9.17, 15) is 0 Å². The molecule has 1 heterocycles. The van der Waals surface area contributed by atoms with Gasteiger partial charge in [0.2, 0.25) is 0 Å². The van der Waals surface area contributed by atoms with E-state index in [2.05, 4.69) is 229 Å². The topological polar surface area (TPSA) is 16.4 Å². The quantitative estimate of drug-likeness (QED) is 0.162. The van der Waals surface area contributed by atoms with Crippen LogP contribution in [0.15, 0.2) is 229 Å². The van der Waals surface area contributed by atoms with Crippen LogP contribution in [0.2, 0.25) is 0 Å². The van der Waals surface area contributed by atoms with Crippen LogP contribution in [-0.4, -0.2) is 0 Å². The van der Waals surface area contributed by atoms with Crippen LogP contribution in [0.25, 0.3) is 88.0 Å². The number of nitrogens with zero attached hydrogens (tertiary/aromatic N) is 1. The summed E-state index contributed by atoms with van der Waals surface area (Å²) in [6.45, 7) is 0. The van der Waals surface area contributed by atoms with Gasteiger partial charge in [0.05, 0.1) is 0 Å². The maximum absolute atomic E-state index is 6.47. The van der Waals surface area contributed by atoms with Crippen molar-refractivity contribution in [3.8, 4) is 44.5 Å². The minimum atomic E-state index is 0.870. The molecule has 0 fully saturated rings. The Kier molecular flexibility index (Phi) is 8.19. The molecule has 0 amide bonds. The molecule has 2 nitrogen and oxygen atoms in total. The second kappa shape index (κ2) is 14.1. The Morgan fingerprint density at radius 2 is 0.776 bits per heavy atom. The highest BCUT2D eigenvalue weighted by Gasteiger charge is 2.18. The molecular formula is C56H37NO. The van der Waals surface area contributed by atoms with Gasteiger partial charge in [-0.3, -0.25) is 0 Å². The molecule has 2 heteroatoms. The first-order chi connectivity index (χ1) is 28.7. The van der Waals surface area contributed by atoms with E-state index < -0.39 is 0 Å². The first-order valence-corrected chi connectivity index (χ1v) is 19.8. The van der Waals surface area contributed by atoms with Crippen molar-refractivity contribution < 1.29 is 4.42 Å². The van der Waals surface area contributed by atoms with Crippen molar-refractivity contribution in [3.63, 3.8) is 0 Å². The van der Waals surface area contributed by atoms with Crippen LogP contribution < -0.4 is 4.90 Å². The van der Waals surface area contributed by atoms with E-state index in [1.807, 2.05) is 0 Å². The fraction of sp³-hybridized carbons (Fsp3) is 0. The van der Waals surface area contributed by atoms with Crippen molar-refractivity contribution in [3.05, 3.63) is 224 Å². The third-order valence-electron chi connectivity index (χ3n) is 11.5. The molecule has 0 atom stereocenters. The summed E-state index contributed by atoms with van der Waals surface area (Å²) >= 11 is 0. The number of anilines is 3. The summed E-state index contributed by atoms with van der Waals surface area (Å²) in [5.74, 6) is 0. The molecular weight excluding hydrogens is 703 g/mol. The minimum absolute atomic E-state index is 0.870. The van der Waals surface area contributed by atoms with E-state index in [1.54, 1.807) is 0 Å². The van der Waals surface area contributed by atoms with Gasteiger partial charge in [-0.15, -0.1) is 0 Å². The molecule has 0 radical (unpaired) electrons. The van der Waals surface area contributed by atoms with Gasteiger partial charge in [-0.1, -0.05) is 170 Å². The van der Waals surface area contributed by atoms with Gasteiger partial charge in [0, 0.05) is 27.8 Å². The fourth-order valence-electron chi connectivity index (χ4n) is 8.67. The second-order valence-electron chi connectivity index (χ2n) is 14.9. The monoisotopic (exact) mass is 739 g/mol. The SMILES string of the molecule is c1ccc(-c2cccc3oc4ccc(N(c5ccc(-c6cccc(-c7cccc8ccccc78)c6)cc5)c5ccc(-c6cccc7ccccc67)cc5)cc4c23)cc1. The van der Waals surface area contributed by atoms with Crippen LogP contribution >= 0.6 is 0 Å². The predicted octanol–water partition coefficient (Wildman–Crippen LogP) is 16.0. The maximum Gasteiger partial charge on any atom is 0.136 e. The van der Waals surface area contributed by atoms with Crippen molar-refractivity contribution in [1.29, 1.82) is 0 Å². The Labute approximate surface area is 337 Å². The van der Waals surface area contributed by atoms with Gasteiger partial charge >= 0.3 is 0 Å². The Bertz CT molecular complexity index is 3260. The zero-order valence-electron chi connectivity index (χ0n) is 31.7. The van der Waals surface area contributed by atoms with Crippen molar-refractivity contribution in [2.45, 2.75) is 0 Å². The maximum atomic E-state index is 6.47. The van der Waals surface area contributed by atoms with Gasteiger partial charge < -0.3 is 9.32 Å². The highest BCUT2D eigenvalue weighted by atomic mass is 16.3. The summed E-state index contributed by atoms with van der Waals surface area (Å²) < 4.78 is 6.47. The lowest BCUT2D eigenvalue weighted by Gasteiger charge is -2.26. The highest BCUT2D eigenvalue weighted by Crippen LogP contribution is 2.43. The van der Waals surface area contributed by atoms with E-state index in [0.717, 1.165) is 44.6 Å². The molecule has 0 bridgehead atoms. The smallest absolute Gasteiger partial charge is 0.136 e. The van der Waals surface area contributed by atoms with E-state index >= 15 is 0 Å². The normalized spacial score (nSPS) is 11.4. The molecule has 0 aliphatic carbocycles. The standard InChI is InChI=1S/C56H37NO/c1-2-12-41(13-3-1)52-24-11-25-55-56(52)53-37-47(34-35-54(53)58-55)57(46-32-28-42(29-33-46)50-22-9-16-39-14-4-6-20-48(39)50)45-30-26-38(27-31-45)43-18-8-19-44(36-43)51-23-10-17-40-15-5-7-21-49(40)51/h1-37H. The zero-order valence-corrected chi connectivity index (χ0v) is 31.7. The number of hydrogen-bond acceptors (Lipinski definition) is 2. The molecule has 10 aromatic carbocycles. The Morgan fingerprint density at radius 1 is 0.276 bits per heavy atom. The molecule has 0 N–H and O–H groups in total. The minimum Gasteiger partial charge on any atom is -0.456 e. The Morgan fingerprint density at radius 3 is 1.48 bits per heavy atom. The van der Waals surface area contributed by atoms with Gasteiger partial charge in [0.25, 0.3) is 0 Å². The summed E-state index contributed by atoms with van der Waals surface area (Å²) in [6.07, 6.45) is 0. The van der Waals surface area contributed by atoms with Gasteiger partial charge in [0.15, 0.2) is 0 Å². The van der Waals surface area contributed by atoms with Gasteiger partial charge in [0.1, 0.15) is 11.2 Å². The zero-order chi connectivity index (χ0) is 38.4. The largest absolute Gasteiger partial charge is 0.456 e. The van der Waals surface area contributed by atoms with Gasteiger partial charge in [-0.05, 0) is 121 Å². The highest BCUT2D eigenvalue weighted by molar-refractivity contribution is 6.13. The van der Waals surface area contributed by atoms with Crippen LogP contribution in [0.3, 0.4) is 0 Å². The van der Waals surface area contributed by atoms with Crippen LogP contribution in [0.1, 0.15) is 0 Å². The molecule has 0 spiro atoms. The average molecular weight is 740 g/mol. The van der Waals surface area contributed by atoms with E-state index in [0.29, 0.717) is 0 Å². The molecule has 0 aliphatic heterocycles. The molecule has 58 heavy (non-hydrogen) atoms. The summed E-state index contributed by atoms with van der Waals surface area (Å²) in [5, 5.41) is 7.21. The summed E-state index contributed by atoms with van der Waals surface area (Å²) in [5.41, 5.74) is 14.5. The number of hydrogen-bond donors (Lipinski definition) is 0. The van der Waals surface area contributed by atoms with E-state index in [1.165, 1.54) is 60.5 Å². The number of fused-ring (bicyclic) bond motifs is 5. The summed E-state index contributed by atoms with van der Waals surface area (Å²) in [7, 11) is 0. The second-order valence-corrected chi connectivity index (χ2v) is 14.9. The van der Waals surface area contributed by atoms with Crippen LogP contribution in [0.5, 0.6) is 0 Å². The average Bonchev–Trinajstić information content (AvgIpc) is 3.68. The lowest BCUT2D eigenvalue weighted by atomic mass is 9.95. The molecule has 1 aromatic heterocycles. The van der Waals surface area contributed by atoms with E-state index in [4.69, 9.17) is 4.42 Å². The van der Waals surface area contributed by atoms with Crippen LogP contribution in [-0.2, 0) is 0 Å². The summed E-state index contributed by atoms with van der Waals surface area (Å²) in [6, 6.07) is 80.6. The van der Waals surface area contributed by atoms with Gasteiger partial charge in [-0.2, -0.15) is 0 Å². The molecule has 0 aliphatic rings. The first-order valence-electron chi connectivity index (χ1n) is 19.8. The molecule has 0 unspecified atom stereocenters. The fourth-order valence-corrected chi connectivity index (χ4v) is 8.67. The molecule has 11 aromatic rings. The first kappa shape index (κ1) is 33.6. The predicted molar refractivity (Wildman–Crippen MR) is 245 cm³/mol. The van der Waals surface area contributed by atoms with Crippen molar-refractivity contribution >= 4 is 60.5 Å². The number of rotatable bonds is 7. The summed E-state index contributed by atoms with van der Waals surface area (Å²) in [4.78, 5) is 2.35. The molecule has 0 saturated carbocycles.